The quantitative estimate of drug-likeness (QED) is 0.824. The molecule has 2 N–H and O–H groups in total. The van der Waals surface area contributed by atoms with Crippen molar-refractivity contribution in [2.75, 3.05) is 25.5 Å². The molecule has 6 nitrogen and oxygen atoms in total. The van der Waals surface area contributed by atoms with Crippen molar-refractivity contribution in [3.63, 3.8) is 0 Å². The van der Waals surface area contributed by atoms with E-state index in [1.165, 1.54) is 30.1 Å². The fourth-order valence-corrected chi connectivity index (χ4v) is 2.88. The molecule has 1 fully saturated rings. The number of anilines is 1. The highest BCUT2D eigenvalue weighted by molar-refractivity contribution is 5.95. The van der Waals surface area contributed by atoms with E-state index in [-0.39, 0.29) is 30.8 Å². The predicted octanol–water partition coefficient (Wildman–Crippen LogP) is 1.92. The average molecular weight is 349 g/mol. The smallest absolute Gasteiger partial charge is 0.243 e. The molecule has 1 aliphatic carbocycles. The minimum atomic E-state index is -0.451. The van der Waals surface area contributed by atoms with E-state index in [2.05, 4.69) is 10.6 Å². The van der Waals surface area contributed by atoms with Crippen molar-refractivity contribution in [3.8, 4) is 0 Å². The molecule has 1 aromatic carbocycles. The molecule has 1 aromatic rings. The Balaban J connectivity index is 1.73. The topological polar surface area (TPSA) is 78.5 Å². The number of nitrogens with one attached hydrogen (secondary N) is 2. The third-order valence-electron chi connectivity index (χ3n) is 4.30. The SMILES string of the molecule is CN(CC(=O)Nc1cccc(F)c1)C(=O)CNC(=O)C1CCCCC1. The molecule has 0 unspecified atom stereocenters. The Labute approximate surface area is 146 Å². The zero-order valence-corrected chi connectivity index (χ0v) is 14.4. The summed E-state index contributed by atoms with van der Waals surface area (Å²) in [6, 6.07) is 5.53. The van der Waals surface area contributed by atoms with E-state index in [0.717, 1.165) is 32.1 Å². The first-order valence-electron chi connectivity index (χ1n) is 8.53. The van der Waals surface area contributed by atoms with Crippen LogP contribution < -0.4 is 10.6 Å². The Bertz CT molecular complexity index is 630. The molecule has 0 aliphatic heterocycles. The van der Waals surface area contributed by atoms with Crippen LogP contribution in [0.1, 0.15) is 32.1 Å². The van der Waals surface area contributed by atoms with E-state index in [1.807, 2.05) is 0 Å². The first kappa shape index (κ1) is 18.9. The molecule has 0 heterocycles. The van der Waals surface area contributed by atoms with Crippen LogP contribution in [0.3, 0.4) is 0 Å². The minimum absolute atomic E-state index is 0.0110. The first-order chi connectivity index (χ1) is 12.0. The van der Waals surface area contributed by atoms with Crippen LogP contribution >= 0.6 is 0 Å². The van der Waals surface area contributed by atoms with E-state index in [1.54, 1.807) is 6.07 Å². The van der Waals surface area contributed by atoms with Gasteiger partial charge in [-0.2, -0.15) is 0 Å². The summed E-state index contributed by atoms with van der Waals surface area (Å²) >= 11 is 0. The number of likely N-dealkylation sites (N-methyl/N-ethyl adjacent to an activating group) is 1. The van der Waals surface area contributed by atoms with Crippen LogP contribution in [-0.4, -0.2) is 42.8 Å². The molecule has 0 aromatic heterocycles. The molecule has 0 radical (unpaired) electrons. The highest BCUT2D eigenvalue weighted by Crippen LogP contribution is 2.23. The number of rotatable bonds is 6. The summed E-state index contributed by atoms with van der Waals surface area (Å²) in [6.45, 7) is -0.298. The van der Waals surface area contributed by atoms with Crippen LogP contribution in [0.2, 0.25) is 0 Å². The van der Waals surface area contributed by atoms with Crippen molar-refractivity contribution < 1.29 is 18.8 Å². The number of carbonyl (C=O) groups is 3. The number of amides is 3. The molecular weight excluding hydrogens is 325 g/mol. The lowest BCUT2D eigenvalue weighted by Crippen LogP contribution is -2.43. The van der Waals surface area contributed by atoms with Crippen molar-refractivity contribution in [2.24, 2.45) is 5.92 Å². The van der Waals surface area contributed by atoms with Gasteiger partial charge in [0.05, 0.1) is 13.1 Å². The third kappa shape index (κ3) is 6.17. The predicted molar refractivity (Wildman–Crippen MR) is 92.3 cm³/mol. The van der Waals surface area contributed by atoms with Crippen LogP contribution in [0, 0.1) is 11.7 Å². The Morgan fingerprint density at radius 2 is 1.92 bits per heavy atom. The van der Waals surface area contributed by atoms with Crippen LogP contribution in [0.5, 0.6) is 0 Å². The summed E-state index contributed by atoms with van der Waals surface area (Å²) < 4.78 is 13.1. The number of nitrogens with zero attached hydrogens (tertiary/aromatic N) is 1. The van der Waals surface area contributed by atoms with Crippen LogP contribution in [-0.2, 0) is 14.4 Å². The Hall–Kier alpha value is -2.44. The summed E-state index contributed by atoms with van der Waals surface area (Å²) in [6.07, 6.45) is 4.99. The number of halogens is 1. The molecule has 2 rings (SSSR count). The highest BCUT2D eigenvalue weighted by atomic mass is 19.1. The largest absolute Gasteiger partial charge is 0.347 e. The molecule has 0 atom stereocenters. The summed E-state index contributed by atoms with van der Waals surface area (Å²) in [4.78, 5) is 37.2. The van der Waals surface area contributed by atoms with Gasteiger partial charge < -0.3 is 15.5 Å². The van der Waals surface area contributed by atoms with Gasteiger partial charge in [-0.15, -0.1) is 0 Å². The van der Waals surface area contributed by atoms with Gasteiger partial charge in [-0.3, -0.25) is 14.4 Å². The van der Waals surface area contributed by atoms with Gasteiger partial charge in [-0.05, 0) is 31.0 Å². The lowest BCUT2D eigenvalue weighted by Gasteiger charge is -2.22. The van der Waals surface area contributed by atoms with E-state index in [9.17, 15) is 18.8 Å². The van der Waals surface area contributed by atoms with Gasteiger partial charge in [-0.25, -0.2) is 4.39 Å². The van der Waals surface area contributed by atoms with Crippen LogP contribution in [0.15, 0.2) is 24.3 Å². The Morgan fingerprint density at radius 1 is 1.20 bits per heavy atom. The van der Waals surface area contributed by atoms with Crippen molar-refractivity contribution in [2.45, 2.75) is 32.1 Å². The minimum Gasteiger partial charge on any atom is -0.347 e. The molecule has 0 saturated heterocycles. The number of hydrogen-bond acceptors (Lipinski definition) is 3. The van der Waals surface area contributed by atoms with E-state index in [4.69, 9.17) is 0 Å². The standard InChI is InChI=1S/C18H24FN3O3/c1-22(12-16(23)21-15-9-5-8-14(19)10-15)17(24)11-20-18(25)13-6-3-2-4-7-13/h5,8-10,13H,2-4,6-7,11-12H2,1H3,(H,20,25)(H,21,23). The number of hydrogen-bond donors (Lipinski definition) is 2. The zero-order valence-electron chi connectivity index (χ0n) is 14.4. The molecule has 1 saturated carbocycles. The summed E-state index contributed by atoms with van der Waals surface area (Å²) in [5.41, 5.74) is 0.330. The summed E-state index contributed by atoms with van der Waals surface area (Å²) in [5.74, 6) is -1.33. The summed E-state index contributed by atoms with van der Waals surface area (Å²) in [5, 5.41) is 5.18. The van der Waals surface area contributed by atoms with Crippen molar-refractivity contribution in [1.82, 2.24) is 10.2 Å². The molecule has 1 aliphatic rings. The maximum absolute atomic E-state index is 13.1. The van der Waals surface area contributed by atoms with Gasteiger partial charge in [0, 0.05) is 18.7 Å². The Kier molecular flexibility index (Phi) is 6.91. The van der Waals surface area contributed by atoms with Crippen molar-refractivity contribution >= 4 is 23.4 Å². The van der Waals surface area contributed by atoms with Crippen LogP contribution in [0.4, 0.5) is 10.1 Å². The third-order valence-corrected chi connectivity index (χ3v) is 4.30. The first-order valence-corrected chi connectivity index (χ1v) is 8.53. The molecule has 7 heteroatoms. The van der Waals surface area contributed by atoms with Gasteiger partial charge in [0.25, 0.3) is 0 Å². The average Bonchev–Trinajstić information content (AvgIpc) is 2.59. The second kappa shape index (κ2) is 9.15. The molecular formula is C18H24FN3O3. The lowest BCUT2D eigenvalue weighted by atomic mass is 9.89. The zero-order chi connectivity index (χ0) is 18.2. The van der Waals surface area contributed by atoms with Crippen molar-refractivity contribution in [1.29, 1.82) is 0 Å². The van der Waals surface area contributed by atoms with Gasteiger partial charge in [-0.1, -0.05) is 25.3 Å². The molecule has 136 valence electrons. The second-order valence-electron chi connectivity index (χ2n) is 6.36. The Morgan fingerprint density at radius 3 is 2.60 bits per heavy atom. The van der Waals surface area contributed by atoms with E-state index >= 15 is 0 Å². The van der Waals surface area contributed by atoms with Gasteiger partial charge in [0.15, 0.2) is 0 Å². The van der Waals surface area contributed by atoms with Crippen molar-refractivity contribution in [3.05, 3.63) is 30.1 Å². The fourth-order valence-electron chi connectivity index (χ4n) is 2.88. The monoisotopic (exact) mass is 349 g/mol. The normalized spacial score (nSPS) is 14.6. The molecule has 0 bridgehead atoms. The lowest BCUT2D eigenvalue weighted by molar-refractivity contribution is -0.135. The number of carbonyl (C=O) groups excluding carboxylic acids is 3. The molecule has 25 heavy (non-hydrogen) atoms. The number of benzene rings is 1. The van der Waals surface area contributed by atoms with Gasteiger partial charge >= 0.3 is 0 Å². The maximum Gasteiger partial charge on any atom is 0.243 e. The molecule has 3 amide bonds. The van der Waals surface area contributed by atoms with Gasteiger partial charge in [0.1, 0.15) is 5.82 Å². The second-order valence-corrected chi connectivity index (χ2v) is 6.36. The maximum atomic E-state index is 13.1. The molecule has 0 spiro atoms. The van der Waals surface area contributed by atoms with Gasteiger partial charge in [0.2, 0.25) is 17.7 Å². The summed E-state index contributed by atoms with van der Waals surface area (Å²) in [7, 11) is 1.49. The highest BCUT2D eigenvalue weighted by Gasteiger charge is 2.22. The fraction of sp³-hybridized carbons (Fsp3) is 0.500. The van der Waals surface area contributed by atoms with E-state index < -0.39 is 11.7 Å². The van der Waals surface area contributed by atoms with Crippen LogP contribution in [0.25, 0.3) is 0 Å². The van der Waals surface area contributed by atoms with E-state index in [0.29, 0.717) is 5.69 Å².